The van der Waals surface area contributed by atoms with Crippen LogP contribution in [-0.2, 0) is 6.42 Å². The molecule has 1 aliphatic heterocycles. The number of hydrogen-bond acceptors (Lipinski definition) is 5. The Morgan fingerprint density at radius 3 is 3.04 bits per heavy atom. The van der Waals surface area contributed by atoms with E-state index in [1.807, 2.05) is 30.3 Å². The van der Waals surface area contributed by atoms with Gasteiger partial charge in [-0.25, -0.2) is 4.98 Å². The molecule has 6 heteroatoms. The largest absolute Gasteiger partial charge is 0.488 e. The standard InChI is InChI=1S/C18H16FNO3S/c19-17(18-20-14-3-1-2-4-16(14)24-18)23-12-7-5-11-6-8-13(10-21)22-15(11)9-12/h1-5,7,9,13,17,21H,6,8,10H2. The number of halogens is 1. The second-order valence-corrected chi connectivity index (χ2v) is 6.75. The molecule has 0 fully saturated rings. The van der Waals surface area contributed by atoms with Gasteiger partial charge in [0.1, 0.15) is 17.6 Å². The first-order valence-corrected chi connectivity index (χ1v) is 8.61. The highest BCUT2D eigenvalue weighted by Gasteiger charge is 2.21. The van der Waals surface area contributed by atoms with Crippen LogP contribution < -0.4 is 9.47 Å². The summed E-state index contributed by atoms with van der Waals surface area (Å²) in [5, 5.41) is 9.52. The molecule has 0 aliphatic carbocycles. The van der Waals surface area contributed by atoms with Gasteiger partial charge < -0.3 is 14.6 Å². The van der Waals surface area contributed by atoms with Crippen molar-refractivity contribution in [2.24, 2.45) is 0 Å². The molecule has 1 aromatic heterocycles. The van der Waals surface area contributed by atoms with Crippen LogP contribution >= 0.6 is 11.3 Å². The minimum atomic E-state index is -1.63. The lowest BCUT2D eigenvalue weighted by Crippen LogP contribution is -2.26. The molecule has 124 valence electrons. The number of thiazole rings is 1. The first-order valence-electron chi connectivity index (χ1n) is 7.79. The number of aliphatic hydroxyl groups is 1. The number of aryl methyl sites for hydroxylation is 1. The van der Waals surface area contributed by atoms with Crippen LogP contribution in [0.1, 0.15) is 23.3 Å². The maximum atomic E-state index is 14.5. The molecule has 2 aromatic carbocycles. The van der Waals surface area contributed by atoms with E-state index >= 15 is 0 Å². The lowest BCUT2D eigenvalue weighted by Gasteiger charge is -2.25. The predicted molar refractivity (Wildman–Crippen MR) is 90.4 cm³/mol. The lowest BCUT2D eigenvalue weighted by atomic mass is 10.0. The van der Waals surface area contributed by atoms with Gasteiger partial charge in [-0.1, -0.05) is 18.2 Å². The fourth-order valence-electron chi connectivity index (χ4n) is 2.76. The summed E-state index contributed by atoms with van der Waals surface area (Å²) in [4.78, 5) is 4.28. The Balaban J connectivity index is 1.54. The molecule has 0 saturated carbocycles. The molecule has 0 bridgehead atoms. The average Bonchev–Trinajstić information content (AvgIpc) is 3.05. The van der Waals surface area contributed by atoms with E-state index in [1.165, 1.54) is 11.3 Å². The van der Waals surface area contributed by atoms with Crippen molar-refractivity contribution >= 4 is 21.6 Å². The van der Waals surface area contributed by atoms with Crippen molar-refractivity contribution in [1.29, 1.82) is 0 Å². The van der Waals surface area contributed by atoms with E-state index in [1.54, 1.807) is 12.1 Å². The maximum absolute atomic E-state index is 14.5. The van der Waals surface area contributed by atoms with Crippen LogP contribution in [0.2, 0.25) is 0 Å². The van der Waals surface area contributed by atoms with Crippen molar-refractivity contribution in [3.8, 4) is 11.5 Å². The van der Waals surface area contributed by atoms with E-state index in [0.29, 0.717) is 16.5 Å². The number of hydrogen-bond donors (Lipinski definition) is 1. The molecule has 2 heterocycles. The Hall–Kier alpha value is -2.18. The molecular formula is C18H16FNO3S. The summed E-state index contributed by atoms with van der Waals surface area (Å²) in [6.45, 7) is -0.0258. The number of rotatable bonds is 4. The number of alkyl halides is 1. The number of aromatic nitrogens is 1. The SMILES string of the molecule is OCC1CCc2ccc(OC(F)c3nc4ccccc4s3)cc2O1. The first-order chi connectivity index (χ1) is 11.7. The van der Waals surface area contributed by atoms with Crippen molar-refractivity contribution in [3.63, 3.8) is 0 Å². The summed E-state index contributed by atoms with van der Waals surface area (Å²) in [6, 6.07) is 12.8. The Bertz CT molecular complexity index is 833. The van der Waals surface area contributed by atoms with Gasteiger partial charge in [0, 0.05) is 6.07 Å². The lowest BCUT2D eigenvalue weighted by molar-refractivity contribution is 0.0652. The predicted octanol–water partition coefficient (Wildman–Crippen LogP) is 4.03. The second kappa shape index (κ2) is 6.37. The van der Waals surface area contributed by atoms with E-state index in [4.69, 9.17) is 9.47 Å². The van der Waals surface area contributed by atoms with E-state index in [2.05, 4.69) is 4.98 Å². The fourth-order valence-corrected chi connectivity index (χ4v) is 3.64. The second-order valence-electron chi connectivity index (χ2n) is 5.68. The van der Waals surface area contributed by atoms with Crippen LogP contribution in [0.25, 0.3) is 10.2 Å². The molecule has 0 amide bonds. The molecule has 0 saturated heterocycles. The summed E-state index contributed by atoms with van der Waals surface area (Å²) in [6.07, 6.45) is -0.227. The summed E-state index contributed by atoms with van der Waals surface area (Å²) in [5.41, 5.74) is 1.81. The number of ether oxygens (including phenoxy) is 2. The number of nitrogens with zero attached hydrogens (tertiary/aromatic N) is 1. The van der Waals surface area contributed by atoms with Gasteiger partial charge in [-0.2, -0.15) is 4.39 Å². The molecule has 4 nitrogen and oxygen atoms in total. The molecule has 0 radical (unpaired) electrons. The summed E-state index contributed by atoms with van der Waals surface area (Å²) in [7, 11) is 0. The first kappa shape index (κ1) is 15.4. The van der Waals surface area contributed by atoms with Crippen molar-refractivity contribution in [1.82, 2.24) is 4.98 Å². The molecule has 3 aromatic rings. The highest BCUT2D eigenvalue weighted by Crippen LogP contribution is 2.35. The molecule has 1 aliphatic rings. The van der Waals surface area contributed by atoms with Crippen molar-refractivity contribution in [2.75, 3.05) is 6.61 Å². The molecule has 2 atom stereocenters. The maximum Gasteiger partial charge on any atom is 0.290 e. The van der Waals surface area contributed by atoms with Gasteiger partial charge in [0.05, 0.1) is 16.8 Å². The Morgan fingerprint density at radius 2 is 2.21 bits per heavy atom. The van der Waals surface area contributed by atoms with Gasteiger partial charge in [0.2, 0.25) is 0 Å². The van der Waals surface area contributed by atoms with Crippen LogP contribution in [0.15, 0.2) is 42.5 Å². The zero-order chi connectivity index (χ0) is 16.5. The monoisotopic (exact) mass is 345 g/mol. The van der Waals surface area contributed by atoms with E-state index < -0.39 is 6.36 Å². The van der Waals surface area contributed by atoms with Gasteiger partial charge in [-0.15, -0.1) is 11.3 Å². The van der Waals surface area contributed by atoms with Gasteiger partial charge in [0.15, 0.2) is 5.01 Å². The minimum absolute atomic E-state index is 0.0258. The summed E-state index contributed by atoms with van der Waals surface area (Å²) < 4.78 is 26.5. The van der Waals surface area contributed by atoms with Crippen LogP contribution in [0, 0.1) is 0 Å². The van der Waals surface area contributed by atoms with Crippen LogP contribution in [0.5, 0.6) is 11.5 Å². The fraction of sp³-hybridized carbons (Fsp3) is 0.278. The molecule has 24 heavy (non-hydrogen) atoms. The third-order valence-corrected chi connectivity index (χ3v) is 5.07. The topological polar surface area (TPSA) is 51.6 Å². The highest BCUT2D eigenvalue weighted by molar-refractivity contribution is 7.18. The molecule has 2 unspecified atom stereocenters. The number of para-hydroxylation sites is 1. The Morgan fingerprint density at radius 1 is 1.33 bits per heavy atom. The highest BCUT2D eigenvalue weighted by atomic mass is 32.1. The van der Waals surface area contributed by atoms with E-state index in [-0.39, 0.29) is 12.7 Å². The van der Waals surface area contributed by atoms with E-state index in [9.17, 15) is 9.50 Å². The molecule has 0 spiro atoms. The average molecular weight is 345 g/mol. The van der Waals surface area contributed by atoms with Crippen LogP contribution in [0.4, 0.5) is 4.39 Å². The quantitative estimate of drug-likeness (QED) is 0.776. The number of fused-ring (bicyclic) bond motifs is 2. The van der Waals surface area contributed by atoms with Crippen molar-refractivity contribution in [3.05, 3.63) is 53.0 Å². The Labute approximate surface area is 142 Å². The van der Waals surface area contributed by atoms with Crippen molar-refractivity contribution < 1.29 is 19.0 Å². The van der Waals surface area contributed by atoms with Crippen molar-refractivity contribution in [2.45, 2.75) is 25.3 Å². The van der Waals surface area contributed by atoms with Gasteiger partial charge in [-0.05, 0) is 36.6 Å². The third-order valence-electron chi connectivity index (χ3n) is 4.02. The molecule has 4 rings (SSSR count). The van der Waals surface area contributed by atoms with Gasteiger partial charge >= 0.3 is 0 Å². The van der Waals surface area contributed by atoms with Gasteiger partial charge in [0.25, 0.3) is 6.36 Å². The van der Waals surface area contributed by atoms with Crippen LogP contribution in [-0.4, -0.2) is 22.8 Å². The van der Waals surface area contributed by atoms with Crippen LogP contribution in [0.3, 0.4) is 0 Å². The zero-order valence-corrected chi connectivity index (χ0v) is 13.6. The zero-order valence-electron chi connectivity index (χ0n) is 12.8. The molecular weight excluding hydrogens is 329 g/mol. The smallest absolute Gasteiger partial charge is 0.290 e. The van der Waals surface area contributed by atoms with E-state index in [0.717, 1.165) is 28.6 Å². The minimum Gasteiger partial charge on any atom is -0.488 e. The summed E-state index contributed by atoms with van der Waals surface area (Å²) >= 11 is 1.28. The number of benzene rings is 2. The van der Waals surface area contributed by atoms with Gasteiger partial charge in [-0.3, -0.25) is 0 Å². The molecule has 1 N–H and O–H groups in total. The third kappa shape index (κ3) is 2.95. The Kier molecular flexibility index (Phi) is 4.08. The summed E-state index contributed by atoms with van der Waals surface area (Å²) in [5.74, 6) is 1.04. The number of aliphatic hydroxyl groups excluding tert-OH is 1. The normalized spacial score (nSPS) is 18.0.